The first-order valence-electron chi connectivity index (χ1n) is 8.31. The number of imidazole rings is 1. The minimum absolute atomic E-state index is 0.264. The fourth-order valence-electron chi connectivity index (χ4n) is 2.67. The van der Waals surface area contributed by atoms with Gasteiger partial charge in [0.15, 0.2) is 0 Å². The van der Waals surface area contributed by atoms with Crippen molar-refractivity contribution in [2.24, 2.45) is 0 Å². The van der Waals surface area contributed by atoms with Gasteiger partial charge in [-0.15, -0.1) is 5.10 Å². The molecule has 0 fully saturated rings. The minimum Gasteiger partial charge on any atom is -0.345 e. The van der Waals surface area contributed by atoms with Crippen LogP contribution in [-0.4, -0.2) is 30.3 Å². The van der Waals surface area contributed by atoms with Crippen LogP contribution < -0.4 is 5.32 Å². The van der Waals surface area contributed by atoms with E-state index >= 15 is 0 Å². The van der Waals surface area contributed by atoms with Crippen LogP contribution in [0.15, 0.2) is 61.1 Å². The van der Waals surface area contributed by atoms with Crippen LogP contribution in [0.5, 0.6) is 0 Å². The highest BCUT2D eigenvalue weighted by atomic mass is 16.1. The molecule has 27 heavy (non-hydrogen) atoms. The van der Waals surface area contributed by atoms with E-state index in [1.54, 1.807) is 33.6 Å². The monoisotopic (exact) mass is 357 g/mol. The lowest BCUT2D eigenvalue weighted by molar-refractivity contribution is 0.0946. The van der Waals surface area contributed by atoms with Gasteiger partial charge in [0.1, 0.15) is 17.0 Å². The van der Waals surface area contributed by atoms with Gasteiger partial charge in [-0.2, -0.15) is 5.26 Å². The molecule has 4 aromatic rings. The molecular weight excluding hydrogens is 342 g/mol. The first kappa shape index (κ1) is 16.5. The van der Waals surface area contributed by atoms with Crippen LogP contribution in [0.3, 0.4) is 0 Å². The fourth-order valence-corrected chi connectivity index (χ4v) is 2.67. The summed E-state index contributed by atoms with van der Waals surface area (Å²) in [5, 5.41) is 19.8. The van der Waals surface area contributed by atoms with Crippen molar-refractivity contribution in [3.8, 4) is 6.07 Å². The highest BCUT2D eigenvalue weighted by Crippen LogP contribution is 2.07. The number of nitrogens with one attached hydrogen (secondary N) is 1. The van der Waals surface area contributed by atoms with Gasteiger partial charge in [0.25, 0.3) is 5.91 Å². The molecule has 8 heteroatoms. The first-order chi connectivity index (χ1) is 13.2. The molecule has 0 aliphatic heterocycles. The van der Waals surface area contributed by atoms with E-state index in [0.29, 0.717) is 23.5 Å². The molecule has 1 aromatic carbocycles. The number of amides is 1. The van der Waals surface area contributed by atoms with Gasteiger partial charge in [0.05, 0.1) is 30.9 Å². The van der Waals surface area contributed by atoms with Gasteiger partial charge in [-0.05, 0) is 29.8 Å². The Hall–Kier alpha value is -3.99. The van der Waals surface area contributed by atoms with Crippen LogP contribution in [-0.2, 0) is 13.1 Å². The zero-order valence-electron chi connectivity index (χ0n) is 14.3. The summed E-state index contributed by atoms with van der Waals surface area (Å²) in [4.78, 5) is 16.6. The number of nitriles is 1. The fraction of sp³-hybridized carbons (Fsp3) is 0.105. The summed E-state index contributed by atoms with van der Waals surface area (Å²) in [6.07, 6.45) is 5.31. The Bertz CT molecular complexity index is 1100. The zero-order chi connectivity index (χ0) is 18.6. The standard InChI is InChI=1S/C19H15N7O/c20-9-14-4-6-15(7-5-14)11-26-12-16(23-24-26)10-21-19(27)17-13-25-8-2-1-3-18(25)22-17/h1-8,12-13H,10-11H2,(H,21,27). The van der Waals surface area contributed by atoms with Gasteiger partial charge in [-0.1, -0.05) is 23.4 Å². The maximum atomic E-state index is 12.3. The maximum Gasteiger partial charge on any atom is 0.271 e. The summed E-state index contributed by atoms with van der Waals surface area (Å²) >= 11 is 0. The van der Waals surface area contributed by atoms with E-state index in [-0.39, 0.29) is 12.5 Å². The smallest absolute Gasteiger partial charge is 0.271 e. The highest BCUT2D eigenvalue weighted by molar-refractivity contribution is 5.92. The third kappa shape index (κ3) is 3.67. The molecule has 0 aliphatic carbocycles. The Morgan fingerprint density at radius 2 is 2.00 bits per heavy atom. The lowest BCUT2D eigenvalue weighted by Crippen LogP contribution is -2.23. The lowest BCUT2D eigenvalue weighted by atomic mass is 10.1. The third-order valence-corrected chi connectivity index (χ3v) is 4.04. The van der Waals surface area contributed by atoms with Crippen LogP contribution in [0, 0.1) is 11.3 Å². The highest BCUT2D eigenvalue weighted by Gasteiger charge is 2.11. The second kappa shape index (κ2) is 7.09. The molecule has 0 saturated heterocycles. The van der Waals surface area contributed by atoms with E-state index in [0.717, 1.165) is 11.2 Å². The summed E-state index contributed by atoms with van der Waals surface area (Å²) in [6, 6.07) is 15.0. The van der Waals surface area contributed by atoms with E-state index in [1.807, 2.05) is 36.5 Å². The molecule has 0 atom stereocenters. The predicted molar refractivity (Wildman–Crippen MR) is 96.6 cm³/mol. The number of carbonyl (C=O) groups excluding carboxylic acids is 1. The van der Waals surface area contributed by atoms with Crippen LogP contribution in [0.25, 0.3) is 5.65 Å². The number of fused-ring (bicyclic) bond motifs is 1. The van der Waals surface area contributed by atoms with Crippen molar-refractivity contribution >= 4 is 11.6 Å². The Morgan fingerprint density at radius 1 is 1.15 bits per heavy atom. The minimum atomic E-state index is -0.264. The van der Waals surface area contributed by atoms with Gasteiger partial charge in [-0.25, -0.2) is 9.67 Å². The topological polar surface area (TPSA) is 101 Å². The first-order valence-corrected chi connectivity index (χ1v) is 8.31. The Kier molecular flexibility index (Phi) is 4.33. The second-order valence-corrected chi connectivity index (χ2v) is 5.99. The molecule has 8 nitrogen and oxygen atoms in total. The molecule has 0 aliphatic rings. The van der Waals surface area contributed by atoms with Crippen molar-refractivity contribution in [1.82, 2.24) is 29.7 Å². The van der Waals surface area contributed by atoms with Crippen molar-refractivity contribution < 1.29 is 4.79 Å². The molecule has 4 rings (SSSR count). The van der Waals surface area contributed by atoms with Crippen molar-refractivity contribution in [3.05, 3.63) is 83.6 Å². The summed E-state index contributed by atoms with van der Waals surface area (Å²) in [6.45, 7) is 0.805. The van der Waals surface area contributed by atoms with Gasteiger partial charge in [0, 0.05) is 12.4 Å². The molecule has 132 valence electrons. The van der Waals surface area contributed by atoms with Crippen molar-refractivity contribution in [2.75, 3.05) is 0 Å². The Balaban J connectivity index is 1.37. The quantitative estimate of drug-likeness (QED) is 0.587. The van der Waals surface area contributed by atoms with Gasteiger partial charge >= 0.3 is 0 Å². The number of hydrogen-bond donors (Lipinski definition) is 1. The second-order valence-electron chi connectivity index (χ2n) is 5.99. The molecule has 3 heterocycles. The zero-order valence-corrected chi connectivity index (χ0v) is 14.3. The normalized spacial score (nSPS) is 10.6. The number of rotatable bonds is 5. The third-order valence-electron chi connectivity index (χ3n) is 4.04. The molecule has 0 spiro atoms. The van der Waals surface area contributed by atoms with Gasteiger partial charge < -0.3 is 9.72 Å². The summed E-state index contributed by atoms with van der Waals surface area (Å²) in [5.74, 6) is -0.264. The Labute approximate surface area is 154 Å². The van der Waals surface area contributed by atoms with Crippen LogP contribution in [0.1, 0.15) is 27.3 Å². The van der Waals surface area contributed by atoms with Crippen LogP contribution in [0.4, 0.5) is 0 Å². The molecule has 1 amide bonds. The van der Waals surface area contributed by atoms with E-state index in [9.17, 15) is 4.79 Å². The molecule has 0 bridgehead atoms. The average molecular weight is 357 g/mol. The average Bonchev–Trinajstić information content (AvgIpc) is 3.33. The van der Waals surface area contributed by atoms with Crippen molar-refractivity contribution in [1.29, 1.82) is 5.26 Å². The largest absolute Gasteiger partial charge is 0.345 e. The number of carbonyl (C=O) groups is 1. The molecule has 0 radical (unpaired) electrons. The molecule has 1 N–H and O–H groups in total. The number of hydrogen-bond acceptors (Lipinski definition) is 5. The Morgan fingerprint density at radius 3 is 2.78 bits per heavy atom. The molecular formula is C19H15N7O. The number of aromatic nitrogens is 5. The number of nitrogens with zero attached hydrogens (tertiary/aromatic N) is 6. The van der Waals surface area contributed by atoms with Crippen LogP contribution in [0.2, 0.25) is 0 Å². The predicted octanol–water partition coefficient (Wildman–Crippen LogP) is 1.78. The maximum absolute atomic E-state index is 12.3. The van der Waals surface area contributed by atoms with Crippen LogP contribution >= 0.6 is 0 Å². The van der Waals surface area contributed by atoms with Gasteiger partial charge in [0.2, 0.25) is 0 Å². The summed E-state index contributed by atoms with van der Waals surface area (Å²) in [7, 11) is 0. The van der Waals surface area contributed by atoms with E-state index in [1.165, 1.54) is 0 Å². The van der Waals surface area contributed by atoms with E-state index < -0.39 is 0 Å². The number of pyridine rings is 1. The lowest BCUT2D eigenvalue weighted by Gasteiger charge is -2.01. The van der Waals surface area contributed by atoms with E-state index in [4.69, 9.17) is 5.26 Å². The van der Waals surface area contributed by atoms with Crippen molar-refractivity contribution in [3.63, 3.8) is 0 Å². The molecule has 0 unspecified atom stereocenters. The van der Waals surface area contributed by atoms with E-state index in [2.05, 4.69) is 26.7 Å². The van der Waals surface area contributed by atoms with Crippen molar-refractivity contribution in [2.45, 2.75) is 13.1 Å². The molecule has 3 aromatic heterocycles. The molecule has 0 saturated carbocycles. The summed E-state index contributed by atoms with van der Waals surface area (Å²) in [5.41, 5.74) is 3.36. The summed E-state index contributed by atoms with van der Waals surface area (Å²) < 4.78 is 3.48. The van der Waals surface area contributed by atoms with Gasteiger partial charge in [-0.3, -0.25) is 4.79 Å². The number of benzene rings is 1. The SMILES string of the molecule is N#Cc1ccc(Cn2cc(CNC(=O)c3cn4ccccc4n3)nn2)cc1.